The molecule has 0 aliphatic heterocycles. The summed E-state index contributed by atoms with van der Waals surface area (Å²) in [6.07, 6.45) is 4.43. The van der Waals surface area contributed by atoms with Gasteiger partial charge >= 0.3 is 0 Å². The quantitative estimate of drug-likeness (QED) is 0.668. The molecule has 0 aromatic carbocycles. The monoisotopic (exact) mass is 281 g/mol. The number of aromatic nitrogens is 3. The van der Waals surface area contributed by atoms with E-state index in [0.29, 0.717) is 6.04 Å². The second-order valence-corrected chi connectivity index (χ2v) is 6.11. The van der Waals surface area contributed by atoms with Crippen molar-refractivity contribution in [2.24, 2.45) is 5.92 Å². The first-order valence-electron chi connectivity index (χ1n) is 7.82. The summed E-state index contributed by atoms with van der Waals surface area (Å²) in [4.78, 5) is 2.40. The summed E-state index contributed by atoms with van der Waals surface area (Å²) >= 11 is 0. The average molecular weight is 281 g/mol. The minimum atomic E-state index is 0.615. The Labute approximate surface area is 123 Å². The molecule has 0 radical (unpaired) electrons. The van der Waals surface area contributed by atoms with Gasteiger partial charge in [0.05, 0.1) is 12.2 Å². The van der Waals surface area contributed by atoms with Gasteiger partial charge < -0.3 is 10.2 Å². The number of likely N-dealkylation sites (N-methyl/N-ethyl adjacent to an activating group) is 1. The fraction of sp³-hybridized carbons (Fsp3) is 0.867. The van der Waals surface area contributed by atoms with E-state index < -0.39 is 0 Å². The van der Waals surface area contributed by atoms with Gasteiger partial charge in [0.15, 0.2) is 0 Å². The Morgan fingerprint density at radius 2 is 2.10 bits per heavy atom. The van der Waals surface area contributed by atoms with Crippen molar-refractivity contribution in [1.29, 1.82) is 0 Å². The van der Waals surface area contributed by atoms with Crippen LogP contribution in [0.25, 0.3) is 0 Å². The Morgan fingerprint density at radius 3 is 2.75 bits per heavy atom. The van der Waals surface area contributed by atoms with Crippen molar-refractivity contribution >= 4 is 0 Å². The molecule has 0 saturated carbocycles. The SMILES string of the molecule is CCCNCc1cn(CCN(C)C(C)CC(C)C)nn1. The van der Waals surface area contributed by atoms with Crippen molar-refractivity contribution in [3.05, 3.63) is 11.9 Å². The molecule has 1 atom stereocenters. The van der Waals surface area contributed by atoms with Crippen LogP contribution >= 0.6 is 0 Å². The summed E-state index contributed by atoms with van der Waals surface area (Å²) in [6, 6.07) is 0.615. The molecule has 1 unspecified atom stereocenters. The highest BCUT2D eigenvalue weighted by Crippen LogP contribution is 2.09. The molecule has 1 rings (SSSR count). The fourth-order valence-corrected chi connectivity index (χ4v) is 2.26. The minimum absolute atomic E-state index is 0.615. The molecule has 0 saturated heterocycles. The Balaban J connectivity index is 2.30. The lowest BCUT2D eigenvalue weighted by Crippen LogP contribution is -2.33. The molecule has 0 amide bonds. The first-order chi connectivity index (χ1) is 9.52. The molecule has 1 N–H and O–H groups in total. The van der Waals surface area contributed by atoms with Crippen molar-refractivity contribution in [3.8, 4) is 0 Å². The second-order valence-electron chi connectivity index (χ2n) is 6.11. The van der Waals surface area contributed by atoms with E-state index in [9.17, 15) is 0 Å². The summed E-state index contributed by atoms with van der Waals surface area (Å²) < 4.78 is 1.95. The largest absolute Gasteiger partial charge is 0.311 e. The first-order valence-corrected chi connectivity index (χ1v) is 7.82. The Bertz CT molecular complexity index is 361. The van der Waals surface area contributed by atoms with Gasteiger partial charge in [-0.05, 0) is 39.3 Å². The Hall–Kier alpha value is -0.940. The molecule has 116 valence electrons. The maximum absolute atomic E-state index is 4.19. The van der Waals surface area contributed by atoms with E-state index in [1.807, 2.05) is 10.9 Å². The summed E-state index contributed by atoms with van der Waals surface area (Å²) in [6.45, 7) is 12.8. The second kappa shape index (κ2) is 9.08. The normalized spacial score (nSPS) is 13.3. The van der Waals surface area contributed by atoms with Gasteiger partial charge in [-0.1, -0.05) is 26.0 Å². The molecule has 5 heteroatoms. The molecule has 20 heavy (non-hydrogen) atoms. The van der Waals surface area contributed by atoms with Gasteiger partial charge in [0, 0.05) is 25.3 Å². The number of hydrogen-bond acceptors (Lipinski definition) is 4. The van der Waals surface area contributed by atoms with Crippen LogP contribution in [0.5, 0.6) is 0 Å². The topological polar surface area (TPSA) is 46.0 Å². The first kappa shape index (κ1) is 17.1. The van der Waals surface area contributed by atoms with E-state index in [-0.39, 0.29) is 0 Å². The Morgan fingerprint density at radius 1 is 1.35 bits per heavy atom. The van der Waals surface area contributed by atoms with Gasteiger partial charge in [0.2, 0.25) is 0 Å². The highest BCUT2D eigenvalue weighted by atomic mass is 15.4. The average Bonchev–Trinajstić information content (AvgIpc) is 2.83. The third-order valence-electron chi connectivity index (χ3n) is 3.57. The molecule has 0 aliphatic rings. The van der Waals surface area contributed by atoms with E-state index in [1.165, 1.54) is 6.42 Å². The zero-order chi connectivity index (χ0) is 15.0. The van der Waals surface area contributed by atoms with Crippen LogP contribution < -0.4 is 5.32 Å². The maximum atomic E-state index is 4.19. The molecule has 5 nitrogen and oxygen atoms in total. The van der Waals surface area contributed by atoms with Crippen LogP contribution in [0.2, 0.25) is 0 Å². The molecule has 1 aromatic heterocycles. The third kappa shape index (κ3) is 6.48. The minimum Gasteiger partial charge on any atom is -0.311 e. The molecular weight excluding hydrogens is 250 g/mol. The summed E-state index contributed by atoms with van der Waals surface area (Å²) in [5.41, 5.74) is 1.02. The van der Waals surface area contributed by atoms with Crippen LogP contribution in [-0.4, -0.2) is 46.1 Å². The Kier molecular flexibility index (Phi) is 7.77. The number of nitrogens with one attached hydrogen (secondary N) is 1. The van der Waals surface area contributed by atoms with Crippen LogP contribution in [0.1, 0.15) is 46.2 Å². The van der Waals surface area contributed by atoms with Crippen LogP contribution in [0, 0.1) is 5.92 Å². The van der Waals surface area contributed by atoms with Gasteiger partial charge in [-0.2, -0.15) is 0 Å². The predicted octanol–water partition coefficient (Wildman–Crippen LogP) is 2.14. The van der Waals surface area contributed by atoms with Crippen molar-refractivity contribution in [2.75, 3.05) is 20.1 Å². The molecule has 0 fully saturated rings. The van der Waals surface area contributed by atoms with Crippen LogP contribution in [-0.2, 0) is 13.1 Å². The number of hydrogen-bond donors (Lipinski definition) is 1. The molecular formula is C15H31N5. The standard InChI is InChI=1S/C15H31N5/c1-6-7-16-11-15-12-20(18-17-15)9-8-19(5)14(4)10-13(2)3/h12-14,16H,6-11H2,1-5H3. The van der Waals surface area contributed by atoms with Gasteiger partial charge in [-0.25, -0.2) is 0 Å². The lowest BCUT2D eigenvalue weighted by Gasteiger charge is -2.25. The van der Waals surface area contributed by atoms with Crippen molar-refractivity contribution in [2.45, 2.75) is 59.7 Å². The van der Waals surface area contributed by atoms with E-state index in [1.54, 1.807) is 0 Å². The summed E-state index contributed by atoms with van der Waals surface area (Å²) in [5, 5.41) is 11.7. The lowest BCUT2D eigenvalue weighted by atomic mass is 10.0. The molecule has 1 heterocycles. The maximum Gasteiger partial charge on any atom is 0.0964 e. The van der Waals surface area contributed by atoms with Crippen LogP contribution in [0.4, 0.5) is 0 Å². The van der Waals surface area contributed by atoms with E-state index in [0.717, 1.165) is 44.2 Å². The van der Waals surface area contributed by atoms with E-state index in [2.05, 4.69) is 55.3 Å². The fourth-order valence-electron chi connectivity index (χ4n) is 2.26. The molecule has 1 aromatic rings. The van der Waals surface area contributed by atoms with Gasteiger partial charge in [0.1, 0.15) is 0 Å². The van der Waals surface area contributed by atoms with Crippen molar-refractivity contribution in [3.63, 3.8) is 0 Å². The van der Waals surface area contributed by atoms with Crippen molar-refractivity contribution < 1.29 is 0 Å². The lowest BCUT2D eigenvalue weighted by molar-refractivity contribution is 0.217. The van der Waals surface area contributed by atoms with Crippen LogP contribution in [0.15, 0.2) is 6.20 Å². The smallest absolute Gasteiger partial charge is 0.0964 e. The third-order valence-corrected chi connectivity index (χ3v) is 3.57. The van der Waals surface area contributed by atoms with Crippen LogP contribution in [0.3, 0.4) is 0 Å². The van der Waals surface area contributed by atoms with Gasteiger partial charge in [-0.15, -0.1) is 5.10 Å². The zero-order valence-electron chi connectivity index (χ0n) is 13.8. The number of rotatable bonds is 10. The van der Waals surface area contributed by atoms with E-state index in [4.69, 9.17) is 0 Å². The number of nitrogens with zero attached hydrogens (tertiary/aromatic N) is 4. The van der Waals surface area contributed by atoms with E-state index >= 15 is 0 Å². The summed E-state index contributed by atoms with van der Waals surface area (Å²) in [5.74, 6) is 0.745. The van der Waals surface area contributed by atoms with Gasteiger partial charge in [-0.3, -0.25) is 4.68 Å². The molecule has 0 spiro atoms. The van der Waals surface area contributed by atoms with Gasteiger partial charge in [0.25, 0.3) is 0 Å². The predicted molar refractivity (Wildman–Crippen MR) is 83.6 cm³/mol. The highest BCUT2D eigenvalue weighted by Gasteiger charge is 2.11. The molecule has 0 bridgehead atoms. The summed E-state index contributed by atoms with van der Waals surface area (Å²) in [7, 11) is 2.19. The van der Waals surface area contributed by atoms with Crippen molar-refractivity contribution in [1.82, 2.24) is 25.2 Å². The zero-order valence-corrected chi connectivity index (χ0v) is 13.8. The molecule has 0 aliphatic carbocycles. The highest BCUT2D eigenvalue weighted by molar-refractivity contribution is 4.91.